The summed E-state index contributed by atoms with van der Waals surface area (Å²) in [5.41, 5.74) is 6.00. The molecule has 2 atom stereocenters. The maximum atomic E-state index is 13.2. The highest BCUT2D eigenvalue weighted by molar-refractivity contribution is 7.92. The molecule has 10 heteroatoms. The highest BCUT2D eigenvalue weighted by atomic mass is 32.2. The first kappa shape index (κ1) is 24.2. The number of sulfone groups is 1. The summed E-state index contributed by atoms with van der Waals surface area (Å²) >= 11 is 0. The maximum absolute atomic E-state index is 13.2. The SMILES string of the molecule is CC(=O)N1C[C@@H](S(=O)(=O)c2ccc(OCc3cc(C)nc4c3CCCC4)cc2)C[C@H]1C(=O)NO. The predicted molar refractivity (Wildman–Crippen MR) is 123 cm³/mol. The molecule has 0 radical (unpaired) electrons. The van der Waals surface area contributed by atoms with Gasteiger partial charge in [-0.25, -0.2) is 13.9 Å². The van der Waals surface area contributed by atoms with Crippen molar-refractivity contribution in [3.63, 3.8) is 0 Å². The Morgan fingerprint density at radius 3 is 2.59 bits per heavy atom. The van der Waals surface area contributed by atoms with Crippen LogP contribution in [0, 0.1) is 6.92 Å². The van der Waals surface area contributed by atoms with Gasteiger partial charge in [-0.05, 0) is 80.5 Å². The molecule has 0 unspecified atom stereocenters. The number of likely N-dealkylation sites (tertiary alicyclic amines) is 1. The number of nitrogens with zero attached hydrogens (tertiary/aromatic N) is 2. The lowest BCUT2D eigenvalue weighted by Crippen LogP contribution is -2.44. The number of hydroxylamine groups is 1. The molecule has 1 aromatic heterocycles. The van der Waals surface area contributed by atoms with Crippen LogP contribution in [0.25, 0.3) is 0 Å². The molecule has 2 heterocycles. The molecule has 34 heavy (non-hydrogen) atoms. The lowest BCUT2D eigenvalue weighted by Gasteiger charge is -2.20. The second kappa shape index (κ2) is 9.71. The molecule has 2 aromatic rings. The molecule has 1 aromatic carbocycles. The summed E-state index contributed by atoms with van der Waals surface area (Å²) in [6.45, 7) is 3.51. The first-order chi connectivity index (χ1) is 16.2. The van der Waals surface area contributed by atoms with Crippen LogP contribution in [0.4, 0.5) is 0 Å². The summed E-state index contributed by atoms with van der Waals surface area (Å²) in [7, 11) is -3.80. The molecule has 0 bridgehead atoms. The smallest absolute Gasteiger partial charge is 0.266 e. The van der Waals surface area contributed by atoms with E-state index < -0.39 is 32.9 Å². The van der Waals surface area contributed by atoms with Crippen LogP contribution in [0.3, 0.4) is 0 Å². The number of fused-ring (bicyclic) bond motifs is 1. The number of rotatable bonds is 6. The molecule has 2 aliphatic rings. The number of nitrogens with one attached hydrogen (secondary N) is 1. The molecule has 0 spiro atoms. The van der Waals surface area contributed by atoms with E-state index in [2.05, 4.69) is 4.98 Å². The van der Waals surface area contributed by atoms with Crippen LogP contribution in [-0.4, -0.2) is 53.2 Å². The summed E-state index contributed by atoms with van der Waals surface area (Å²) in [5, 5.41) is 7.99. The van der Waals surface area contributed by atoms with E-state index in [9.17, 15) is 18.0 Å². The van der Waals surface area contributed by atoms with Crippen LogP contribution in [-0.2, 0) is 38.9 Å². The summed E-state index contributed by atoms with van der Waals surface area (Å²) in [6.07, 6.45) is 4.18. The molecule has 1 fully saturated rings. The highest BCUT2D eigenvalue weighted by Gasteiger charge is 2.44. The minimum Gasteiger partial charge on any atom is -0.489 e. The Morgan fingerprint density at radius 2 is 1.91 bits per heavy atom. The number of amides is 2. The molecule has 9 nitrogen and oxygen atoms in total. The normalized spacial score (nSPS) is 20.0. The fourth-order valence-electron chi connectivity index (χ4n) is 4.84. The van der Waals surface area contributed by atoms with E-state index >= 15 is 0 Å². The molecular weight excluding hydrogens is 458 g/mol. The summed E-state index contributed by atoms with van der Waals surface area (Å²) in [5.74, 6) is -0.680. The van der Waals surface area contributed by atoms with Gasteiger partial charge in [0.05, 0.1) is 10.1 Å². The van der Waals surface area contributed by atoms with Gasteiger partial charge >= 0.3 is 0 Å². The zero-order chi connectivity index (χ0) is 24.5. The van der Waals surface area contributed by atoms with Crippen LogP contribution >= 0.6 is 0 Å². The van der Waals surface area contributed by atoms with Gasteiger partial charge in [-0.1, -0.05) is 0 Å². The number of aromatic nitrogens is 1. The van der Waals surface area contributed by atoms with Crippen molar-refractivity contribution in [1.29, 1.82) is 0 Å². The highest BCUT2D eigenvalue weighted by Crippen LogP contribution is 2.30. The molecule has 2 N–H and O–H groups in total. The van der Waals surface area contributed by atoms with Crippen LogP contribution < -0.4 is 10.2 Å². The first-order valence-corrected chi connectivity index (χ1v) is 12.9. The molecule has 4 rings (SSSR count). The number of hydrogen-bond donors (Lipinski definition) is 2. The number of hydrogen-bond acceptors (Lipinski definition) is 7. The van der Waals surface area contributed by atoms with E-state index in [1.54, 1.807) is 12.1 Å². The average Bonchev–Trinajstić information content (AvgIpc) is 3.29. The average molecular weight is 488 g/mol. The monoisotopic (exact) mass is 487 g/mol. The Balaban J connectivity index is 1.47. The van der Waals surface area contributed by atoms with Gasteiger partial charge in [0, 0.05) is 24.9 Å². The van der Waals surface area contributed by atoms with Gasteiger partial charge in [0.1, 0.15) is 18.4 Å². The summed E-state index contributed by atoms with van der Waals surface area (Å²) in [4.78, 5) is 29.7. The number of pyridine rings is 1. The van der Waals surface area contributed by atoms with Crippen LogP contribution in [0.2, 0.25) is 0 Å². The Kier molecular flexibility index (Phi) is 6.90. The fraction of sp³-hybridized carbons (Fsp3) is 0.458. The van der Waals surface area contributed by atoms with Crippen LogP contribution in [0.5, 0.6) is 5.75 Å². The van der Waals surface area contributed by atoms with Gasteiger partial charge in [0.15, 0.2) is 9.84 Å². The zero-order valence-electron chi connectivity index (χ0n) is 19.3. The minimum absolute atomic E-state index is 0.0843. The van der Waals surface area contributed by atoms with Gasteiger partial charge in [0.25, 0.3) is 5.91 Å². The fourth-order valence-corrected chi connectivity index (χ4v) is 6.54. The standard InChI is InChI=1S/C24H29N3O6S/c1-15-11-17(21-5-3-4-6-22(21)25-15)14-33-18-7-9-19(10-8-18)34(31,32)20-12-23(24(29)26-30)27(13-20)16(2)28/h7-11,20,23,30H,3-6,12-14H2,1-2H3,(H,26,29)/t20-,23-/m0/s1. The third-order valence-electron chi connectivity index (χ3n) is 6.59. The minimum atomic E-state index is -3.80. The lowest BCUT2D eigenvalue weighted by molar-refractivity contribution is -0.141. The second-order valence-electron chi connectivity index (χ2n) is 8.88. The number of carbonyl (C=O) groups is 2. The third-order valence-corrected chi connectivity index (χ3v) is 8.73. The third kappa shape index (κ3) is 4.78. The van der Waals surface area contributed by atoms with Crippen LogP contribution in [0.1, 0.15) is 48.7 Å². The van der Waals surface area contributed by atoms with Gasteiger partial charge < -0.3 is 9.64 Å². The summed E-state index contributed by atoms with van der Waals surface area (Å²) in [6, 6.07) is 7.21. The maximum Gasteiger partial charge on any atom is 0.266 e. The van der Waals surface area contributed by atoms with E-state index in [0.717, 1.165) is 42.6 Å². The first-order valence-electron chi connectivity index (χ1n) is 11.4. The summed E-state index contributed by atoms with van der Waals surface area (Å²) < 4.78 is 32.3. The van der Waals surface area contributed by atoms with Crippen molar-refractivity contribution in [3.8, 4) is 5.75 Å². The van der Waals surface area contributed by atoms with Crippen molar-refractivity contribution in [2.24, 2.45) is 0 Å². The topological polar surface area (TPSA) is 126 Å². The quantitative estimate of drug-likeness (QED) is 0.472. The number of ether oxygens (including phenoxy) is 1. The molecule has 0 saturated carbocycles. The van der Waals surface area contributed by atoms with Gasteiger partial charge in [-0.3, -0.25) is 19.8 Å². The van der Waals surface area contributed by atoms with Gasteiger partial charge in [-0.2, -0.15) is 0 Å². The molecule has 1 aliphatic heterocycles. The van der Waals surface area contributed by atoms with Crippen molar-refractivity contribution in [1.82, 2.24) is 15.4 Å². The van der Waals surface area contributed by atoms with Crippen molar-refractivity contribution in [2.75, 3.05) is 6.54 Å². The van der Waals surface area contributed by atoms with Gasteiger partial charge in [-0.15, -0.1) is 0 Å². The van der Waals surface area contributed by atoms with Crippen molar-refractivity contribution in [3.05, 3.63) is 52.8 Å². The van der Waals surface area contributed by atoms with E-state index in [-0.39, 0.29) is 17.9 Å². The molecule has 182 valence electrons. The zero-order valence-corrected chi connectivity index (χ0v) is 20.1. The van der Waals surface area contributed by atoms with Crippen molar-refractivity contribution >= 4 is 21.7 Å². The van der Waals surface area contributed by atoms with Crippen LogP contribution in [0.15, 0.2) is 35.2 Å². The number of carbonyl (C=O) groups excluding carboxylic acids is 2. The largest absolute Gasteiger partial charge is 0.489 e. The molecule has 1 aliphatic carbocycles. The number of aryl methyl sites for hydroxylation is 2. The molecule has 2 amide bonds. The molecular formula is C24H29N3O6S. The predicted octanol–water partition coefficient (Wildman–Crippen LogP) is 2.12. The van der Waals surface area contributed by atoms with E-state index in [1.165, 1.54) is 35.0 Å². The Hall–Kier alpha value is -2.98. The Bertz CT molecular complexity index is 1200. The Labute approximate surface area is 199 Å². The van der Waals surface area contributed by atoms with E-state index in [4.69, 9.17) is 9.94 Å². The van der Waals surface area contributed by atoms with Crippen molar-refractivity contribution < 1.29 is 28.0 Å². The lowest BCUT2D eigenvalue weighted by atomic mass is 9.92. The van der Waals surface area contributed by atoms with E-state index in [0.29, 0.717) is 12.4 Å². The molecule has 1 saturated heterocycles. The van der Waals surface area contributed by atoms with Crippen molar-refractivity contribution in [2.45, 2.75) is 68.7 Å². The van der Waals surface area contributed by atoms with Gasteiger partial charge in [0.2, 0.25) is 5.91 Å². The number of benzene rings is 1. The Morgan fingerprint density at radius 1 is 1.21 bits per heavy atom. The second-order valence-corrected chi connectivity index (χ2v) is 11.1. The van der Waals surface area contributed by atoms with E-state index in [1.807, 2.05) is 13.0 Å².